The number of amides is 1. The normalized spacial score (nSPS) is 17.0. The van der Waals surface area contributed by atoms with E-state index in [9.17, 15) is 4.79 Å². The van der Waals surface area contributed by atoms with Crippen LogP contribution in [0.25, 0.3) is 5.69 Å². The van der Waals surface area contributed by atoms with Crippen LogP contribution in [-0.4, -0.2) is 20.6 Å². The van der Waals surface area contributed by atoms with Crippen molar-refractivity contribution in [3.05, 3.63) is 106 Å². The van der Waals surface area contributed by atoms with Gasteiger partial charge in [0.25, 0.3) is 0 Å². The molecule has 0 aliphatic carbocycles. The number of benzene rings is 2. The topological polar surface area (TPSA) is 62.2 Å². The average molecular weight is 558 g/mol. The van der Waals surface area contributed by atoms with Crippen LogP contribution in [0.2, 0.25) is 5.02 Å². The van der Waals surface area contributed by atoms with Crippen molar-refractivity contribution >= 4 is 46.2 Å². The fraction of sp³-hybridized carbons (Fsp3) is 0.258. The first-order chi connectivity index (χ1) is 18.7. The number of hydrogen-bond acceptors (Lipinski definition) is 3. The summed E-state index contributed by atoms with van der Waals surface area (Å²) in [5.41, 5.74) is 7.99. The summed E-state index contributed by atoms with van der Waals surface area (Å²) in [7, 11) is 0. The van der Waals surface area contributed by atoms with Gasteiger partial charge in [-0.3, -0.25) is 9.78 Å². The Labute approximate surface area is 240 Å². The van der Waals surface area contributed by atoms with Gasteiger partial charge in [-0.05, 0) is 98.7 Å². The van der Waals surface area contributed by atoms with E-state index in [1.165, 1.54) is 0 Å². The predicted molar refractivity (Wildman–Crippen MR) is 163 cm³/mol. The van der Waals surface area contributed by atoms with E-state index in [1.807, 2.05) is 75.5 Å². The van der Waals surface area contributed by atoms with Gasteiger partial charge in [0.2, 0.25) is 5.91 Å². The van der Waals surface area contributed by atoms with Crippen molar-refractivity contribution in [2.75, 3.05) is 10.2 Å². The van der Waals surface area contributed by atoms with Crippen LogP contribution in [0.5, 0.6) is 0 Å². The van der Waals surface area contributed by atoms with Gasteiger partial charge in [0.15, 0.2) is 5.11 Å². The average Bonchev–Trinajstić information content (AvgIpc) is 3.40. The highest BCUT2D eigenvalue weighted by Gasteiger charge is 2.42. The Bertz CT molecular complexity index is 1550. The standard InChI is InChI=1S/C31H32ClN5OS/c1-18(2)30(38)34-26-13-12-24(15-19(26)3)37-29(28(35-31(37)39)27-11-6-7-14-33-27)25-16-20(4)36(21(25)5)23-10-8-9-22(32)17-23/h6-18,28-29H,1-5H3,(H,34,38)(H,35,39)/t28-,29-/m0/s1. The number of rotatable bonds is 6. The van der Waals surface area contributed by atoms with E-state index in [0.29, 0.717) is 10.1 Å². The van der Waals surface area contributed by atoms with Crippen LogP contribution < -0.4 is 15.5 Å². The van der Waals surface area contributed by atoms with Crippen LogP contribution in [0.15, 0.2) is 72.9 Å². The maximum absolute atomic E-state index is 12.3. The fourth-order valence-electron chi connectivity index (χ4n) is 5.26. The number of aromatic nitrogens is 2. The molecule has 0 spiro atoms. The second-order valence-corrected chi connectivity index (χ2v) is 11.1. The Morgan fingerprint density at radius 1 is 1.03 bits per heavy atom. The van der Waals surface area contributed by atoms with E-state index < -0.39 is 0 Å². The maximum atomic E-state index is 12.3. The molecule has 2 aromatic carbocycles. The molecule has 2 aromatic heterocycles. The lowest BCUT2D eigenvalue weighted by atomic mass is 9.96. The zero-order chi connectivity index (χ0) is 27.8. The van der Waals surface area contributed by atoms with Crippen LogP contribution in [0.4, 0.5) is 11.4 Å². The number of nitrogens with zero attached hydrogens (tertiary/aromatic N) is 3. The first-order valence-corrected chi connectivity index (χ1v) is 13.8. The number of pyridine rings is 1. The van der Waals surface area contributed by atoms with Gasteiger partial charge in [0.1, 0.15) is 0 Å². The van der Waals surface area contributed by atoms with Crippen molar-refractivity contribution in [1.82, 2.24) is 14.9 Å². The molecule has 1 fully saturated rings. The molecule has 3 heterocycles. The summed E-state index contributed by atoms with van der Waals surface area (Å²) in [5, 5.41) is 7.90. The van der Waals surface area contributed by atoms with Crippen LogP contribution in [0.3, 0.4) is 0 Å². The molecule has 1 saturated heterocycles. The lowest BCUT2D eigenvalue weighted by molar-refractivity contribution is -0.118. The second-order valence-electron chi connectivity index (χ2n) is 10.3. The fourth-order valence-corrected chi connectivity index (χ4v) is 5.79. The van der Waals surface area contributed by atoms with Crippen LogP contribution in [0, 0.1) is 26.7 Å². The summed E-state index contributed by atoms with van der Waals surface area (Å²) >= 11 is 12.3. The van der Waals surface area contributed by atoms with E-state index in [2.05, 4.69) is 57.1 Å². The second kappa shape index (κ2) is 10.8. The summed E-state index contributed by atoms with van der Waals surface area (Å²) in [4.78, 5) is 19.2. The Kier molecular flexibility index (Phi) is 7.47. The molecule has 1 aliphatic heterocycles. The summed E-state index contributed by atoms with van der Waals surface area (Å²) < 4.78 is 2.23. The zero-order valence-corrected chi connectivity index (χ0v) is 24.3. The molecule has 5 rings (SSSR count). The molecule has 0 saturated carbocycles. The molecular formula is C31H32ClN5OS. The number of halogens is 1. The lowest BCUT2D eigenvalue weighted by Gasteiger charge is -2.29. The van der Waals surface area contributed by atoms with Gasteiger partial charge >= 0.3 is 0 Å². The van der Waals surface area contributed by atoms with E-state index in [0.717, 1.165) is 45.3 Å². The quantitative estimate of drug-likeness (QED) is 0.245. The summed E-state index contributed by atoms with van der Waals surface area (Å²) in [5.74, 6) is -0.108. The molecule has 39 heavy (non-hydrogen) atoms. The molecule has 4 aromatic rings. The third-order valence-electron chi connectivity index (χ3n) is 7.22. The minimum Gasteiger partial charge on any atom is -0.351 e. The third-order valence-corrected chi connectivity index (χ3v) is 7.77. The smallest absolute Gasteiger partial charge is 0.226 e. The highest BCUT2D eigenvalue weighted by Crippen LogP contribution is 2.44. The van der Waals surface area contributed by atoms with E-state index in [1.54, 1.807) is 0 Å². The van der Waals surface area contributed by atoms with E-state index >= 15 is 0 Å². The first-order valence-electron chi connectivity index (χ1n) is 13.0. The molecule has 2 atom stereocenters. The molecule has 0 bridgehead atoms. The van der Waals surface area contributed by atoms with Crippen molar-refractivity contribution < 1.29 is 4.79 Å². The predicted octanol–water partition coefficient (Wildman–Crippen LogP) is 7.22. The molecule has 0 radical (unpaired) electrons. The van der Waals surface area contributed by atoms with Gasteiger partial charge in [0, 0.05) is 45.6 Å². The minimum absolute atomic E-state index is 0.00856. The van der Waals surface area contributed by atoms with Crippen molar-refractivity contribution in [2.45, 2.75) is 46.7 Å². The number of nitrogens with one attached hydrogen (secondary N) is 2. The van der Waals surface area contributed by atoms with Gasteiger partial charge in [-0.15, -0.1) is 0 Å². The zero-order valence-electron chi connectivity index (χ0n) is 22.7. The van der Waals surface area contributed by atoms with Crippen molar-refractivity contribution in [2.24, 2.45) is 5.92 Å². The number of carbonyl (C=O) groups excluding carboxylic acids is 1. The summed E-state index contributed by atoms with van der Waals surface area (Å²) in [6.07, 6.45) is 1.81. The van der Waals surface area contributed by atoms with Gasteiger partial charge in [-0.2, -0.15) is 0 Å². The number of hydrogen-bond donors (Lipinski definition) is 2. The number of thiocarbonyl (C=S) groups is 1. The maximum Gasteiger partial charge on any atom is 0.226 e. The number of anilines is 2. The largest absolute Gasteiger partial charge is 0.351 e. The molecular weight excluding hydrogens is 526 g/mol. The molecule has 1 amide bonds. The first kappa shape index (κ1) is 26.9. The Balaban J connectivity index is 1.62. The van der Waals surface area contributed by atoms with Gasteiger partial charge < -0.3 is 20.1 Å². The molecule has 2 N–H and O–H groups in total. The lowest BCUT2D eigenvalue weighted by Crippen LogP contribution is -2.29. The van der Waals surface area contributed by atoms with Crippen molar-refractivity contribution in [3.63, 3.8) is 0 Å². The number of carbonyl (C=O) groups is 1. The molecule has 200 valence electrons. The Hall–Kier alpha value is -3.68. The Morgan fingerprint density at radius 2 is 1.82 bits per heavy atom. The van der Waals surface area contributed by atoms with Gasteiger partial charge in [-0.25, -0.2) is 0 Å². The number of aryl methyl sites for hydroxylation is 2. The van der Waals surface area contributed by atoms with Crippen molar-refractivity contribution in [3.8, 4) is 5.69 Å². The highest BCUT2D eigenvalue weighted by molar-refractivity contribution is 7.80. The van der Waals surface area contributed by atoms with Gasteiger partial charge in [0.05, 0.1) is 17.8 Å². The van der Waals surface area contributed by atoms with E-state index in [4.69, 9.17) is 23.8 Å². The molecule has 6 nitrogen and oxygen atoms in total. The van der Waals surface area contributed by atoms with Crippen LogP contribution >= 0.6 is 23.8 Å². The SMILES string of the molecule is Cc1cc(N2C(=S)N[C@@H](c3ccccn3)[C@@H]2c2cc(C)n(-c3cccc(Cl)c3)c2C)ccc1NC(=O)C(C)C. The highest BCUT2D eigenvalue weighted by atomic mass is 35.5. The van der Waals surface area contributed by atoms with Crippen LogP contribution in [-0.2, 0) is 4.79 Å². The van der Waals surface area contributed by atoms with Crippen LogP contribution in [0.1, 0.15) is 54.1 Å². The molecule has 8 heteroatoms. The van der Waals surface area contributed by atoms with Crippen molar-refractivity contribution in [1.29, 1.82) is 0 Å². The Morgan fingerprint density at radius 3 is 2.49 bits per heavy atom. The molecule has 1 aliphatic rings. The van der Waals surface area contributed by atoms with E-state index in [-0.39, 0.29) is 23.9 Å². The summed E-state index contributed by atoms with van der Waals surface area (Å²) in [6, 6.07) is 21.8. The molecule has 0 unspecified atom stereocenters. The van der Waals surface area contributed by atoms with Gasteiger partial charge in [-0.1, -0.05) is 37.6 Å². The monoisotopic (exact) mass is 557 g/mol. The summed E-state index contributed by atoms with van der Waals surface area (Å²) in [6.45, 7) is 10.0. The minimum atomic E-state index is -0.160. The third kappa shape index (κ3) is 5.16.